The van der Waals surface area contributed by atoms with Crippen LogP contribution in [0.2, 0.25) is 10.0 Å². The molecule has 1 aromatic carbocycles. The maximum atomic E-state index is 6.32. The molecule has 1 aromatic heterocycles. The standard InChI is InChI=1S/C15H18Cl2N2S/c1-3-13(11-6-5-10(16)9-12(11)17)19-14(4-2)15-18-7-8-20-15/h5-9,13-14,19H,3-4H2,1-2H3. The van der Waals surface area contributed by atoms with Gasteiger partial charge >= 0.3 is 0 Å². The van der Waals surface area contributed by atoms with E-state index in [0.29, 0.717) is 10.0 Å². The van der Waals surface area contributed by atoms with Gasteiger partial charge < -0.3 is 5.32 Å². The summed E-state index contributed by atoms with van der Waals surface area (Å²) in [6.45, 7) is 4.31. The Kier molecular flexibility index (Phi) is 5.85. The number of thiazole rings is 1. The molecule has 0 aliphatic rings. The Labute approximate surface area is 134 Å². The molecule has 0 aliphatic heterocycles. The van der Waals surface area contributed by atoms with Gasteiger partial charge in [-0.3, -0.25) is 0 Å². The molecule has 0 saturated heterocycles. The molecule has 2 atom stereocenters. The van der Waals surface area contributed by atoms with Crippen LogP contribution < -0.4 is 5.32 Å². The lowest BCUT2D eigenvalue weighted by atomic mass is 10.0. The van der Waals surface area contributed by atoms with Crippen LogP contribution in [0, 0.1) is 0 Å². The second-order valence-corrected chi connectivity index (χ2v) is 6.39. The van der Waals surface area contributed by atoms with Crippen LogP contribution in [0.5, 0.6) is 0 Å². The molecule has 1 heterocycles. The van der Waals surface area contributed by atoms with E-state index in [-0.39, 0.29) is 12.1 Å². The molecule has 1 N–H and O–H groups in total. The van der Waals surface area contributed by atoms with Gasteiger partial charge in [0.1, 0.15) is 5.01 Å². The fourth-order valence-electron chi connectivity index (χ4n) is 2.22. The number of nitrogens with one attached hydrogen (secondary N) is 1. The highest BCUT2D eigenvalue weighted by molar-refractivity contribution is 7.09. The van der Waals surface area contributed by atoms with Gasteiger partial charge in [-0.25, -0.2) is 4.98 Å². The summed E-state index contributed by atoms with van der Waals surface area (Å²) in [5.41, 5.74) is 1.09. The maximum absolute atomic E-state index is 6.32. The summed E-state index contributed by atoms with van der Waals surface area (Å²) < 4.78 is 0. The highest BCUT2D eigenvalue weighted by Gasteiger charge is 2.19. The molecule has 20 heavy (non-hydrogen) atoms. The molecule has 0 saturated carbocycles. The quantitative estimate of drug-likeness (QED) is 0.741. The first-order chi connectivity index (χ1) is 9.65. The maximum Gasteiger partial charge on any atom is 0.109 e. The molecule has 0 amide bonds. The van der Waals surface area contributed by atoms with Crippen molar-refractivity contribution in [3.63, 3.8) is 0 Å². The highest BCUT2D eigenvalue weighted by Crippen LogP contribution is 2.31. The number of halogens is 2. The molecular weight excluding hydrogens is 311 g/mol. The van der Waals surface area contributed by atoms with Crippen molar-refractivity contribution >= 4 is 34.5 Å². The summed E-state index contributed by atoms with van der Waals surface area (Å²) in [4.78, 5) is 4.41. The van der Waals surface area contributed by atoms with Crippen LogP contribution in [0.4, 0.5) is 0 Å². The molecule has 0 radical (unpaired) electrons. The summed E-state index contributed by atoms with van der Waals surface area (Å²) in [6.07, 6.45) is 3.80. The minimum Gasteiger partial charge on any atom is -0.301 e. The second-order valence-electron chi connectivity index (χ2n) is 4.62. The first-order valence-electron chi connectivity index (χ1n) is 6.76. The fraction of sp³-hybridized carbons (Fsp3) is 0.400. The van der Waals surface area contributed by atoms with Crippen LogP contribution in [0.25, 0.3) is 0 Å². The van der Waals surface area contributed by atoms with Crippen molar-refractivity contribution in [3.8, 4) is 0 Å². The van der Waals surface area contributed by atoms with Gasteiger partial charge in [0.05, 0.1) is 6.04 Å². The third-order valence-electron chi connectivity index (χ3n) is 3.31. The van der Waals surface area contributed by atoms with E-state index in [1.165, 1.54) is 0 Å². The van der Waals surface area contributed by atoms with Gasteiger partial charge in [-0.1, -0.05) is 43.1 Å². The Morgan fingerprint density at radius 3 is 2.50 bits per heavy atom. The van der Waals surface area contributed by atoms with E-state index in [0.717, 1.165) is 23.4 Å². The van der Waals surface area contributed by atoms with Crippen molar-refractivity contribution < 1.29 is 0 Å². The lowest BCUT2D eigenvalue weighted by Crippen LogP contribution is -2.26. The predicted molar refractivity (Wildman–Crippen MR) is 87.8 cm³/mol. The Bertz CT molecular complexity index is 543. The zero-order valence-electron chi connectivity index (χ0n) is 11.6. The monoisotopic (exact) mass is 328 g/mol. The molecule has 0 aliphatic carbocycles. The van der Waals surface area contributed by atoms with Crippen LogP contribution in [0.15, 0.2) is 29.8 Å². The lowest BCUT2D eigenvalue weighted by Gasteiger charge is -2.24. The summed E-state index contributed by atoms with van der Waals surface area (Å²) in [5.74, 6) is 0. The minimum atomic E-state index is 0.202. The van der Waals surface area contributed by atoms with E-state index in [1.807, 2.05) is 23.7 Å². The predicted octanol–water partition coefficient (Wildman–Crippen LogP) is 5.64. The average molecular weight is 329 g/mol. The van der Waals surface area contributed by atoms with Gasteiger partial charge in [-0.05, 0) is 30.5 Å². The molecule has 2 rings (SSSR count). The van der Waals surface area contributed by atoms with E-state index in [2.05, 4.69) is 24.1 Å². The smallest absolute Gasteiger partial charge is 0.109 e. The third kappa shape index (κ3) is 3.73. The number of aromatic nitrogens is 1. The Morgan fingerprint density at radius 2 is 1.95 bits per heavy atom. The number of benzene rings is 1. The topological polar surface area (TPSA) is 24.9 Å². The van der Waals surface area contributed by atoms with E-state index in [9.17, 15) is 0 Å². The molecule has 108 valence electrons. The lowest BCUT2D eigenvalue weighted by molar-refractivity contribution is 0.425. The zero-order valence-corrected chi connectivity index (χ0v) is 13.9. The van der Waals surface area contributed by atoms with Gasteiger partial charge in [0, 0.05) is 27.7 Å². The van der Waals surface area contributed by atoms with Crippen molar-refractivity contribution in [1.82, 2.24) is 10.3 Å². The molecule has 2 unspecified atom stereocenters. The number of nitrogens with zero attached hydrogens (tertiary/aromatic N) is 1. The Morgan fingerprint density at radius 1 is 1.20 bits per heavy atom. The van der Waals surface area contributed by atoms with Crippen molar-refractivity contribution in [1.29, 1.82) is 0 Å². The molecule has 5 heteroatoms. The van der Waals surface area contributed by atoms with E-state index >= 15 is 0 Å². The largest absolute Gasteiger partial charge is 0.301 e. The van der Waals surface area contributed by atoms with Gasteiger partial charge in [0.2, 0.25) is 0 Å². The molecule has 2 nitrogen and oxygen atoms in total. The van der Waals surface area contributed by atoms with E-state index in [4.69, 9.17) is 23.2 Å². The highest BCUT2D eigenvalue weighted by atomic mass is 35.5. The van der Waals surface area contributed by atoms with Crippen molar-refractivity contribution in [3.05, 3.63) is 50.4 Å². The number of hydrogen-bond acceptors (Lipinski definition) is 3. The fourth-order valence-corrected chi connectivity index (χ4v) is 3.55. The molecule has 0 fully saturated rings. The van der Waals surface area contributed by atoms with Crippen molar-refractivity contribution in [2.75, 3.05) is 0 Å². The summed E-state index contributed by atoms with van der Waals surface area (Å²) in [5, 5.41) is 8.16. The van der Waals surface area contributed by atoms with E-state index in [1.54, 1.807) is 17.4 Å². The Hall–Kier alpha value is -0.610. The third-order valence-corrected chi connectivity index (χ3v) is 4.76. The SMILES string of the molecule is CCC(NC(CC)c1ccc(Cl)cc1Cl)c1nccs1. The van der Waals surface area contributed by atoms with Crippen LogP contribution >= 0.6 is 34.5 Å². The van der Waals surface area contributed by atoms with Crippen LogP contribution in [-0.4, -0.2) is 4.98 Å². The molecule has 2 aromatic rings. The van der Waals surface area contributed by atoms with Gasteiger partial charge in [0.15, 0.2) is 0 Å². The molecule has 0 bridgehead atoms. The average Bonchev–Trinajstić information content (AvgIpc) is 2.95. The number of hydrogen-bond donors (Lipinski definition) is 1. The van der Waals surface area contributed by atoms with Crippen molar-refractivity contribution in [2.24, 2.45) is 0 Å². The molecule has 0 spiro atoms. The Balaban J connectivity index is 2.19. The normalized spacial score (nSPS) is 14.2. The first-order valence-corrected chi connectivity index (χ1v) is 8.39. The molecular formula is C15H18Cl2N2S. The minimum absolute atomic E-state index is 0.202. The number of rotatable bonds is 6. The van der Waals surface area contributed by atoms with Crippen molar-refractivity contribution in [2.45, 2.75) is 38.8 Å². The first kappa shape index (κ1) is 15.8. The van der Waals surface area contributed by atoms with Crippen LogP contribution in [-0.2, 0) is 0 Å². The van der Waals surface area contributed by atoms with E-state index < -0.39 is 0 Å². The van der Waals surface area contributed by atoms with Crippen LogP contribution in [0.1, 0.15) is 49.3 Å². The summed E-state index contributed by atoms with van der Waals surface area (Å²) in [7, 11) is 0. The summed E-state index contributed by atoms with van der Waals surface area (Å²) >= 11 is 14.0. The van der Waals surface area contributed by atoms with Gasteiger partial charge in [-0.15, -0.1) is 11.3 Å². The summed E-state index contributed by atoms with van der Waals surface area (Å²) in [6, 6.07) is 6.14. The van der Waals surface area contributed by atoms with Crippen LogP contribution in [0.3, 0.4) is 0 Å². The van der Waals surface area contributed by atoms with Gasteiger partial charge in [-0.2, -0.15) is 0 Å². The second kappa shape index (κ2) is 7.41. The van der Waals surface area contributed by atoms with Gasteiger partial charge in [0.25, 0.3) is 0 Å². The zero-order chi connectivity index (χ0) is 14.5.